The van der Waals surface area contributed by atoms with Gasteiger partial charge in [0.1, 0.15) is 0 Å². The van der Waals surface area contributed by atoms with E-state index in [-0.39, 0.29) is 5.60 Å². The summed E-state index contributed by atoms with van der Waals surface area (Å²) in [5.41, 5.74) is 2.53. The summed E-state index contributed by atoms with van der Waals surface area (Å²) in [6, 6.07) is 8.18. The Kier molecular flexibility index (Phi) is 12.3. The molecule has 0 aliphatic carbocycles. The van der Waals surface area contributed by atoms with Crippen LogP contribution in [-0.2, 0) is 32.2 Å². The Balaban J connectivity index is 0.000000333. The fraction of sp³-hybridized carbons (Fsp3) is 0.560. The van der Waals surface area contributed by atoms with Crippen molar-refractivity contribution in [2.75, 3.05) is 26.3 Å². The van der Waals surface area contributed by atoms with Crippen molar-refractivity contribution < 1.29 is 55.6 Å². The van der Waals surface area contributed by atoms with Crippen molar-refractivity contribution in [3.63, 3.8) is 0 Å². The van der Waals surface area contributed by atoms with E-state index in [1.807, 2.05) is 35.7 Å². The van der Waals surface area contributed by atoms with E-state index in [2.05, 4.69) is 28.3 Å². The number of likely N-dealkylation sites (tertiary alicyclic amines) is 1. The number of carbonyl (C=O) groups is 2. The molecule has 1 atom stereocenters. The van der Waals surface area contributed by atoms with Crippen molar-refractivity contribution >= 4 is 23.3 Å². The molecule has 15 heteroatoms. The van der Waals surface area contributed by atoms with Crippen LogP contribution in [0.15, 0.2) is 35.8 Å². The third-order valence-electron chi connectivity index (χ3n) is 6.09. The quantitative estimate of drug-likeness (QED) is 0.326. The molecule has 0 aromatic carbocycles. The molecule has 0 amide bonds. The highest BCUT2D eigenvalue weighted by Crippen LogP contribution is 2.39. The average Bonchev–Trinajstić information content (AvgIpc) is 3.25. The standard InChI is InChI=1S/C21H28N2O2S.2C2HF3O2/c1-17-7-11-26-20(17)13-23-15-21(16-23)12-18(6-10-25-21)5-9-24-14-19-4-2-3-8-22-19;2*3-2(4,5)1(6)7/h2-4,7-8,11,18H,5-6,9-10,12-16H2,1H3;2*(H,6,7). The van der Waals surface area contributed by atoms with Crippen molar-refractivity contribution in [3.05, 3.63) is 52.0 Å². The normalized spacial score (nSPS) is 18.5. The van der Waals surface area contributed by atoms with Gasteiger partial charge in [0.25, 0.3) is 0 Å². The zero-order chi connectivity index (χ0) is 30.0. The lowest BCUT2D eigenvalue weighted by atomic mass is 9.79. The maximum atomic E-state index is 10.6. The summed E-state index contributed by atoms with van der Waals surface area (Å²) in [6.45, 7) is 7.77. The Bertz CT molecular complexity index is 1050. The number of alkyl halides is 6. The van der Waals surface area contributed by atoms with E-state index in [0.29, 0.717) is 6.61 Å². The fourth-order valence-electron chi connectivity index (χ4n) is 4.16. The first-order valence-corrected chi connectivity index (χ1v) is 13.0. The second-order valence-electron chi connectivity index (χ2n) is 9.33. The molecule has 4 rings (SSSR count). The third kappa shape index (κ3) is 11.4. The number of aromatic nitrogens is 1. The van der Waals surface area contributed by atoms with E-state index in [4.69, 9.17) is 29.3 Å². The monoisotopic (exact) mass is 600 g/mol. The molecule has 2 fully saturated rings. The predicted octanol–water partition coefficient (Wildman–Crippen LogP) is 5.31. The molecule has 2 aromatic heterocycles. The molecule has 0 bridgehead atoms. The second-order valence-corrected chi connectivity index (χ2v) is 10.3. The van der Waals surface area contributed by atoms with Gasteiger partial charge in [0.2, 0.25) is 0 Å². The van der Waals surface area contributed by atoms with Crippen LogP contribution in [0.1, 0.15) is 35.4 Å². The molecule has 2 aromatic rings. The van der Waals surface area contributed by atoms with Gasteiger partial charge in [-0.15, -0.1) is 11.3 Å². The maximum absolute atomic E-state index is 10.6. The van der Waals surface area contributed by atoms with Gasteiger partial charge < -0.3 is 19.7 Å². The molecular formula is C25H30F6N2O6S. The average molecular weight is 601 g/mol. The first-order valence-electron chi connectivity index (χ1n) is 12.1. The first kappa shape index (κ1) is 33.5. The topological polar surface area (TPSA) is 109 Å². The van der Waals surface area contributed by atoms with Crippen molar-refractivity contribution in [1.82, 2.24) is 9.88 Å². The van der Waals surface area contributed by atoms with Gasteiger partial charge in [-0.05, 0) is 61.2 Å². The number of rotatable bonds is 7. The van der Waals surface area contributed by atoms with Crippen LogP contribution >= 0.6 is 11.3 Å². The number of halogens is 6. The van der Waals surface area contributed by atoms with Crippen molar-refractivity contribution in [3.8, 4) is 0 Å². The van der Waals surface area contributed by atoms with Gasteiger partial charge in [-0.2, -0.15) is 26.3 Å². The molecule has 0 radical (unpaired) electrons. The molecule has 2 saturated heterocycles. The van der Waals surface area contributed by atoms with Crippen LogP contribution in [0.25, 0.3) is 0 Å². The number of thiophene rings is 1. The highest BCUT2D eigenvalue weighted by molar-refractivity contribution is 7.10. The lowest BCUT2D eigenvalue weighted by Crippen LogP contribution is -2.64. The molecule has 1 unspecified atom stereocenters. The molecule has 224 valence electrons. The number of carboxylic acids is 2. The first-order chi connectivity index (χ1) is 18.6. The molecule has 2 aliphatic heterocycles. The van der Waals surface area contributed by atoms with E-state index < -0.39 is 24.3 Å². The summed E-state index contributed by atoms with van der Waals surface area (Å²) in [4.78, 5) is 26.1. The largest absolute Gasteiger partial charge is 0.490 e. The second kappa shape index (κ2) is 14.8. The Hall–Kier alpha value is -2.75. The van der Waals surface area contributed by atoms with Crippen molar-refractivity contribution in [1.29, 1.82) is 0 Å². The molecule has 2 aliphatic rings. The van der Waals surface area contributed by atoms with E-state index in [1.165, 1.54) is 23.3 Å². The number of nitrogens with zero attached hydrogens (tertiary/aromatic N) is 2. The third-order valence-corrected chi connectivity index (χ3v) is 7.09. The van der Waals surface area contributed by atoms with Crippen molar-refractivity contribution in [2.45, 2.75) is 57.3 Å². The number of ether oxygens (including phenoxy) is 2. The molecule has 1 spiro atoms. The highest BCUT2D eigenvalue weighted by atomic mass is 32.1. The van der Waals surface area contributed by atoms with Crippen LogP contribution in [-0.4, -0.2) is 76.3 Å². The fourth-order valence-corrected chi connectivity index (χ4v) is 5.10. The molecule has 40 heavy (non-hydrogen) atoms. The number of aliphatic carboxylic acids is 2. The predicted molar refractivity (Wildman–Crippen MR) is 132 cm³/mol. The Morgan fingerprint density at radius 3 is 2.25 bits per heavy atom. The lowest BCUT2D eigenvalue weighted by molar-refractivity contribution is -0.193. The van der Waals surface area contributed by atoms with Gasteiger partial charge in [0.05, 0.1) is 17.9 Å². The minimum atomic E-state index is -5.08. The number of hydrogen-bond donors (Lipinski definition) is 2. The van der Waals surface area contributed by atoms with Gasteiger partial charge in [-0.3, -0.25) is 9.88 Å². The highest BCUT2D eigenvalue weighted by Gasteiger charge is 2.47. The maximum Gasteiger partial charge on any atom is 0.490 e. The number of hydrogen-bond acceptors (Lipinski definition) is 7. The summed E-state index contributed by atoms with van der Waals surface area (Å²) in [6.07, 6.45) is -4.87. The Labute approximate surface area is 230 Å². The summed E-state index contributed by atoms with van der Waals surface area (Å²) in [5, 5.41) is 16.4. The van der Waals surface area contributed by atoms with Gasteiger partial charge >= 0.3 is 24.3 Å². The van der Waals surface area contributed by atoms with Crippen LogP contribution < -0.4 is 0 Å². The minimum Gasteiger partial charge on any atom is -0.475 e. The van der Waals surface area contributed by atoms with Gasteiger partial charge in [-0.25, -0.2) is 9.59 Å². The van der Waals surface area contributed by atoms with Crippen LogP contribution in [0.3, 0.4) is 0 Å². The van der Waals surface area contributed by atoms with E-state index in [0.717, 1.165) is 50.9 Å². The smallest absolute Gasteiger partial charge is 0.475 e. The van der Waals surface area contributed by atoms with Crippen LogP contribution in [0.5, 0.6) is 0 Å². The number of aryl methyl sites for hydroxylation is 1. The minimum absolute atomic E-state index is 0.106. The SMILES string of the molecule is Cc1ccsc1CN1CC2(CC(CCOCc3ccccn3)CCO2)C1.O=C(O)C(F)(F)F.O=C(O)C(F)(F)F. The van der Waals surface area contributed by atoms with E-state index in [1.54, 1.807) is 0 Å². The van der Waals surface area contributed by atoms with Gasteiger partial charge in [0.15, 0.2) is 0 Å². The summed E-state index contributed by atoms with van der Waals surface area (Å²) >= 11 is 1.87. The summed E-state index contributed by atoms with van der Waals surface area (Å²) in [5.74, 6) is -4.79. The molecule has 8 nitrogen and oxygen atoms in total. The number of pyridine rings is 1. The summed E-state index contributed by atoms with van der Waals surface area (Å²) < 4.78 is 75.5. The molecule has 2 N–H and O–H groups in total. The van der Waals surface area contributed by atoms with Crippen LogP contribution in [0.2, 0.25) is 0 Å². The number of carboxylic acid groups (broad SMARTS) is 2. The van der Waals surface area contributed by atoms with Gasteiger partial charge in [-0.1, -0.05) is 6.07 Å². The van der Waals surface area contributed by atoms with Gasteiger partial charge in [0, 0.05) is 43.9 Å². The van der Waals surface area contributed by atoms with E-state index >= 15 is 0 Å². The molecular weight excluding hydrogens is 570 g/mol. The lowest BCUT2D eigenvalue weighted by Gasteiger charge is -2.53. The molecule has 4 heterocycles. The zero-order valence-electron chi connectivity index (χ0n) is 21.5. The van der Waals surface area contributed by atoms with Crippen LogP contribution in [0, 0.1) is 12.8 Å². The Morgan fingerprint density at radius 2 is 1.75 bits per heavy atom. The Morgan fingerprint density at radius 1 is 1.12 bits per heavy atom. The summed E-state index contributed by atoms with van der Waals surface area (Å²) in [7, 11) is 0. The van der Waals surface area contributed by atoms with Crippen molar-refractivity contribution in [2.24, 2.45) is 5.92 Å². The molecule has 0 saturated carbocycles. The van der Waals surface area contributed by atoms with Crippen LogP contribution in [0.4, 0.5) is 26.3 Å². The van der Waals surface area contributed by atoms with E-state index in [9.17, 15) is 26.3 Å². The zero-order valence-corrected chi connectivity index (χ0v) is 22.3.